The first kappa shape index (κ1) is 24.0. The summed E-state index contributed by atoms with van der Waals surface area (Å²) >= 11 is 7.28. The first-order chi connectivity index (χ1) is 16.4. The number of thiazole rings is 1. The predicted octanol–water partition coefficient (Wildman–Crippen LogP) is 5.55. The zero-order valence-corrected chi connectivity index (χ0v) is 20.4. The number of nitrogens with one attached hydrogen (secondary N) is 3. The molecule has 0 unspecified atom stereocenters. The van der Waals surface area contributed by atoms with Crippen LogP contribution < -0.4 is 20.7 Å². The van der Waals surface area contributed by atoms with Crippen molar-refractivity contribution in [2.75, 3.05) is 5.32 Å². The van der Waals surface area contributed by atoms with Crippen LogP contribution in [0.2, 0.25) is 5.02 Å². The number of halogens is 1. The van der Waals surface area contributed by atoms with Crippen LogP contribution in [0.15, 0.2) is 53.9 Å². The third kappa shape index (κ3) is 6.95. The number of nitrogens with zero attached hydrogens (tertiary/aromatic N) is 1. The van der Waals surface area contributed by atoms with E-state index in [0.29, 0.717) is 23.0 Å². The van der Waals surface area contributed by atoms with Gasteiger partial charge in [-0.25, -0.2) is 9.78 Å². The second-order valence-corrected chi connectivity index (χ2v) is 9.73. The number of rotatable bonds is 7. The van der Waals surface area contributed by atoms with Crippen molar-refractivity contribution < 1.29 is 14.3 Å². The molecule has 1 aliphatic rings. The number of hydrogen-bond acceptors (Lipinski definition) is 5. The molecule has 1 heterocycles. The molecule has 1 aliphatic carbocycles. The van der Waals surface area contributed by atoms with E-state index >= 15 is 0 Å². The van der Waals surface area contributed by atoms with Crippen molar-refractivity contribution in [1.29, 1.82) is 0 Å². The van der Waals surface area contributed by atoms with Crippen LogP contribution in [0.3, 0.4) is 0 Å². The fraction of sp³-hybridized carbons (Fsp3) is 0.320. The summed E-state index contributed by atoms with van der Waals surface area (Å²) in [4.78, 5) is 29.3. The van der Waals surface area contributed by atoms with Gasteiger partial charge in [-0.05, 0) is 69.0 Å². The van der Waals surface area contributed by atoms with Gasteiger partial charge in [0.15, 0.2) is 0 Å². The van der Waals surface area contributed by atoms with Crippen LogP contribution in [0.4, 0.5) is 10.5 Å². The molecule has 0 radical (unpaired) electrons. The van der Waals surface area contributed by atoms with Gasteiger partial charge in [0.2, 0.25) is 0 Å². The maximum Gasteiger partial charge on any atom is 0.319 e. The second kappa shape index (κ2) is 11.4. The first-order valence-corrected chi connectivity index (χ1v) is 12.5. The second-order valence-electron chi connectivity index (χ2n) is 8.36. The summed E-state index contributed by atoms with van der Waals surface area (Å²) in [6, 6.07) is 14.7. The Bertz CT molecular complexity index is 1110. The van der Waals surface area contributed by atoms with Crippen molar-refractivity contribution in [3.63, 3.8) is 0 Å². The van der Waals surface area contributed by atoms with Crippen LogP contribution in [0, 0.1) is 6.92 Å². The molecule has 178 valence electrons. The van der Waals surface area contributed by atoms with E-state index in [9.17, 15) is 9.59 Å². The van der Waals surface area contributed by atoms with Crippen LogP contribution in [0.5, 0.6) is 5.75 Å². The first-order valence-electron chi connectivity index (χ1n) is 11.2. The minimum Gasteiger partial charge on any atom is -0.486 e. The Kier molecular flexibility index (Phi) is 8.03. The number of carbonyl (C=O) groups is 2. The lowest BCUT2D eigenvalue weighted by atomic mass is 9.91. The maximum atomic E-state index is 12.6. The van der Waals surface area contributed by atoms with Gasteiger partial charge in [-0.1, -0.05) is 29.3 Å². The van der Waals surface area contributed by atoms with Gasteiger partial charge in [0.05, 0.1) is 0 Å². The van der Waals surface area contributed by atoms with Gasteiger partial charge in [-0.15, -0.1) is 11.3 Å². The van der Waals surface area contributed by atoms with Crippen molar-refractivity contribution in [3.8, 4) is 5.75 Å². The molecule has 4 rings (SSSR count). The number of aryl methyl sites for hydroxylation is 1. The molecule has 9 heteroatoms. The maximum absolute atomic E-state index is 12.6. The third-order valence-electron chi connectivity index (χ3n) is 5.67. The molecule has 3 N–H and O–H groups in total. The van der Waals surface area contributed by atoms with Gasteiger partial charge < -0.3 is 20.7 Å². The SMILES string of the molecule is Cc1ccc(OCc2nc(C(=O)NC3CCC(NC(=O)Nc4ccc(Cl)cc4)CC3)cs2)cc1. The van der Waals surface area contributed by atoms with E-state index in [-0.39, 0.29) is 24.0 Å². The Morgan fingerprint density at radius 2 is 1.65 bits per heavy atom. The van der Waals surface area contributed by atoms with E-state index in [2.05, 4.69) is 20.9 Å². The van der Waals surface area contributed by atoms with E-state index in [1.165, 1.54) is 16.9 Å². The van der Waals surface area contributed by atoms with Crippen molar-refractivity contribution in [2.45, 2.75) is 51.3 Å². The average molecular weight is 499 g/mol. The summed E-state index contributed by atoms with van der Waals surface area (Å²) in [6.45, 7) is 2.36. The molecule has 2 aromatic carbocycles. The normalized spacial score (nSPS) is 17.6. The van der Waals surface area contributed by atoms with E-state index in [4.69, 9.17) is 16.3 Å². The number of amides is 3. The standard InChI is InChI=1S/C25H27ClN4O3S/c1-16-2-12-21(13-3-16)33-14-23-30-22(15-34-23)24(31)27-18-8-10-20(11-9-18)29-25(32)28-19-6-4-17(26)5-7-19/h2-7,12-13,15,18,20H,8-11,14H2,1H3,(H,27,31)(H2,28,29,32). The number of benzene rings is 2. The van der Waals surface area contributed by atoms with Crippen molar-refractivity contribution in [1.82, 2.24) is 15.6 Å². The van der Waals surface area contributed by atoms with Gasteiger partial charge in [-0.2, -0.15) is 0 Å². The van der Waals surface area contributed by atoms with Crippen molar-refractivity contribution >= 4 is 40.6 Å². The molecule has 0 atom stereocenters. The molecule has 7 nitrogen and oxygen atoms in total. The molecular weight excluding hydrogens is 472 g/mol. The zero-order valence-electron chi connectivity index (χ0n) is 18.8. The molecule has 1 fully saturated rings. The topological polar surface area (TPSA) is 92.3 Å². The van der Waals surface area contributed by atoms with Gasteiger partial charge in [0.1, 0.15) is 23.1 Å². The number of ether oxygens (including phenoxy) is 1. The molecule has 1 saturated carbocycles. The molecule has 34 heavy (non-hydrogen) atoms. The monoisotopic (exact) mass is 498 g/mol. The summed E-state index contributed by atoms with van der Waals surface area (Å²) in [5.74, 6) is 0.605. The Morgan fingerprint density at radius 3 is 2.32 bits per heavy atom. The summed E-state index contributed by atoms with van der Waals surface area (Å²) in [6.07, 6.45) is 3.19. The lowest BCUT2D eigenvalue weighted by Crippen LogP contribution is -2.45. The van der Waals surface area contributed by atoms with E-state index in [1.807, 2.05) is 31.2 Å². The number of hydrogen-bond donors (Lipinski definition) is 3. The van der Waals surface area contributed by atoms with E-state index in [0.717, 1.165) is 36.4 Å². The highest BCUT2D eigenvalue weighted by Crippen LogP contribution is 2.21. The van der Waals surface area contributed by atoms with Crippen LogP contribution in [0.25, 0.3) is 0 Å². The fourth-order valence-electron chi connectivity index (χ4n) is 3.79. The molecule has 0 spiro atoms. The highest BCUT2D eigenvalue weighted by molar-refractivity contribution is 7.09. The van der Waals surface area contributed by atoms with Gasteiger partial charge in [0, 0.05) is 28.2 Å². The number of carbonyl (C=O) groups excluding carboxylic acids is 2. The molecule has 0 saturated heterocycles. The lowest BCUT2D eigenvalue weighted by Gasteiger charge is -2.29. The molecule has 3 aromatic rings. The highest BCUT2D eigenvalue weighted by atomic mass is 35.5. The fourth-order valence-corrected chi connectivity index (χ4v) is 4.60. The highest BCUT2D eigenvalue weighted by Gasteiger charge is 2.24. The van der Waals surface area contributed by atoms with Gasteiger partial charge in [-0.3, -0.25) is 4.79 Å². The van der Waals surface area contributed by atoms with Gasteiger partial charge >= 0.3 is 6.03 Å². The average Bonchev–Trinajstić information content (AvgIpc) is 3.31. The van der Waals surface area contributed by atoms with Crippen molar-refractivity contribution in [2.24, 2.45) is 0 Å². The molecular formula is C25H27ClN4O3S. The Hall–Kier alpha value is -3.10. The number of urea groups is 1. The summed E-state index contributed by atoms with van der Waals surface area (Å²) in [7, 11) is 0. The lowest BCUT2D eigenvalue weighted by molar-refractivity contribution is 0.0919. The minimum atomic E-state index is -0.238. The molecule has 0 bridgehead atoms. The minimum absolute atomic E-state index is 0.0684. The summed E-state index contributed by atoms with van der Waals surface area (Å²) < 4.78 is 5.75. The number of aromatic nitrogens is 1. The smallest absolute Gasteiger partial charge is 0.319 e. The quantitative estimate of drug-likeness (QED) is 0.398. The Labute approximate surface area is 207 Å². The Balaban J connectivity index is 1.18. The molecule has 3 amide bonds. The van der Waals surface area contributed by atoms with Crippen LogP contribution >= 0.6 is 22.9 Å². The van der Waals surface area contributed by atoms with E-state index in [1.54, 1.807) is 29.6 Å². The van der Waals surface area contributed by atoms with Crippen LogP contribution in [-0.4, -0.2) is 29.0 Å². The van der Waals surface area contributed by atoms with E-state index < -0.39 is 0 Å². The summed E-state index contributed by atoms with van der Waals surface area (Å²) in [5, 5.41) is 12.0. The van der Waals surface area contributed by atoms with Gasteiger partial charge in [0.25, 0.3) is 5.91 Å². The predicted molar refractivity (Wildman–Crippen MR) is 135 cm³/mol. The third-order valence-corrected chi connectivity index (χ3v) is 6.74. The van der Waals surface area contributed by atoms with Crippen molar-refractivity contribution in [3.05, 3.63) is 75.2 Å². The van der Waals surface area contributed by atoms with Crippen LogP contribution in [-0.2, 0) is 6.61 Å². The summed E-state index contributed by atoms with van der Waals surface area (Å²) in [5.41, 5.74) is 2.27. The Morgan fingerprint density at radius 1 is 1.00 bits per heavy atom. The van der Waals surface area contributed by atoms with Crippen LogP contribution in [0.1, 0.15) is 46.7 Å². The zero-order chi connectivity index (χ0) is 23.9. The largest absolute Gasteiger partial charge is 0.486 e. The molecule has 0 aliphatic heterocycles. The molecule has 1 aromatic heterocycles. The number of anilines is 1.